The summed E-state index contributed by atoms with van der Waals surface area (Å²) in [4.78, 5) is 17.4. The van der Waals surface area contributed by atoms with Gasteiger partial charge in [-0.1, -0.05) is 6.07 Å². The number of nitro groups is 1. The molecule has 0 aliphatic carbocycles. The van der Waals surface area contributed by atoms with Crippen LogP contribution in [0.3, 0.4) is 0 Å². The van der Waals surface area contributed by atoms with E-state index in [0.717, 1.165) is 30.1 Å². The molecule has 1 saturated heterocycles. The summed E-state index contributed by atoms with van der Waals surface area (Å²) in [5.41, 5.74) is 3.25. The number of ether oxygens (including phenoxy) is 1. The van der Waals surface area contributed by atoms with Crippen LogP contribution in [-0.2, 0) is 0 Å². The second kappa shape index (κ2) is 7.99. The first kappa shape index (κ1) is 17.9. The molecule has 1 fully saturated rings. The van der Waals surface area contributed by atoms with Crippen LogP contribution in [0.25, 0.3) is 0 Å². The van der Waals surface area contributed by atoms with Gasteiger partial charge in [-0.2, -0.15) is 0 Å². The van der Waals surface area contributed by atoms with Gasteiger partial charge in [-0.15, -0.1) is 0 Å². The number of aliphatic imine (C=N–C) groups is 1. The van der Waals surface area contributed by atoms with Crippen molar-refractivity contribution in [3.63, 3.8) is 0 Å². The number of nitrogens with zero attached hydrogens (tertiary/aromatic N) is 3. The van der Waals surface area contributed by atoms with Gasteiger partial charge < -0.3 is 9.64 Å². The number of rotatable bonds is 5. The van der Waals surface area contributed by atoms with Crippen LogP contribution in [0.5, 0.6) is 5.75 Å². The van der Waals surface area contributed by atoms with Crippen LogP contribution < -0.4 is 9.64 Å². The fourth-order valence-electron chi connectivity index (χ4n) is 3.17. The van der Waals surface area contributed by atoms with Crippen molar-refractivity contribution in [1.82, 2.24) is 0 Å². The molecular formula is C20H23N3O3. The van der Waals surface area contributed by atoms with E-state index in [4.69, 9.17) is 4.74 Å². The largest absolute Gasteiger partial charge is 0.496 e. The normalized spacial score (nSPS) is 14.6. The fourth-order valence-corrected chi connectivity index (χ4v) is 3.17. The number of aryl methyl sites for hydroxylation is 1. The van der Waals surface area contributed by atoms with E-state index < -0.39 is 0 Å². The van der Waals surface area contributed by atoms with E-state index in [2.05, 4.69) is 16.0 Å². The average molecular weight is 353 g/mol. The minimum Gasteiger partial charge on any atom is -0.496 e. The molecule has 3 rings (SSSR count). The van der Waals surface area contributed by atoms with Gasteiger partial charge in [0.2, 0.25) is 0 Å². The molecule has 26 heavy (non-hydrogen) atoms. The first-order chi connectivity index (χ1) is 12.6. The van der Waals surface area contributed by atoms with E-state index in [9.17, 15) is 10.1 Å². The first-order valence-electron chi connectivity index (χ1n) is 8.80. The lowest BCUT2D eigenvalue weighted by molar-refractivity contribution is -0.385. The Hall–Kier alpha value is -2.89. The minimum atomic E-state index is -0.387. The van der Waals surface area contributed by atoms with Gasteiger partial charge in [0.15, 0.2) is 0 Å². The number of methoxy groups -OCH3 is 1. The standard InChI is InChI=1S/C20H23N3O3/c1-15-6-8-17(12-19(15)23(24)25)21-14-16-7-9-18(13-20(16)26-2)22-10-4-3-5-11-22/h6-9,12-14H,3-5,10-11H2,1-2H3. The summed E-state index contributed by atoms with van der Waals surface area (Å²) in [6.07, 6.45) is 5.42. The second-order valence-electron chi connectivity index (χ2n) is 6.46. The zero-order valence-corrected chi connectivity index (χ0v) is 15.1. The van der Waals surface area contributed by atoms with Crippen LogP contribution in [0.1, 0.15) is 30.4 Å². The Morgan fingerprint density at radius 2 is 1.92 bits per heavy atom. The van der Waals surface area contributed by atoms with E-state index >= 15 is 0 Å². The summed E-state index contributed by atoms with van der Waals surface area (Å²) < 4.78 is 5.52. The maximum Gasteiger partial charge on any atom is 0.274 e. The predicted octanol–water partition coefficient (Wildman–Crippen LogP) is 4.65. The van der Waals surface area contributed by atoms with Crippen LogP contribution in [0.2, 0.25) is 0 Å². The van der Waals surface area contributed by atoms with Crippen molar-refractivity contribution in [2.45, 2.75) is 26.2 Å². The maximum atomic E-state index is 11.1. The summed E-state index contributed by atoms with van der Waals surface area (Å²) in [6, 6.07) is 11.1. The van der Waals surface area contributed by atoms with Gasteiger partial charge in [0.05, 0.1) is 17.7 Å². The Morgan fingerprint density at radius 1 is 1.15 bits per heavy atom. The molecule has 0 spiro atoms. The SMILES string of the molecule is COc1cc(N2CCCCC2)ccc1C=Nc1ccc(C)c([N+](=O)[O-])c1. The van der Waals surface area contributed by atoms with Gasteiger partial charge in [0.25, 0.3) is 5.69 Å². The highest BCUT2D eigenvalue weighted by atomic mass is 16.6. The quantitative estimate of drug-likeness (QED) is 0.446. The molecule has 1 heterocycles. The zero-order chi connectivity index (χ0) is 18.5. The molecule has 1 aliphatic heterocycles. The van der Waals surface area contributed by atoms with Crippen LogP contribution >= 0.6 is 0 Å². The molecule has 0 aromatic heterocycles. The summed E-state index contributed by atoms with van der Waals surface area (Å²) in [5, 5.41) is 11.1. The summed E-state index contributed by atoms with van der Waals surface area (Å²) in [6.45, 7) is 3.86. The molecule has 2 aromatic rings. The lowest BCUT2D eigenvalue weighted by Gasteiger charge is -2.29. The number of hydrogen-bond donors (Lipinski definition) is 0. The second-order valence-corrected chi connectivity index (χ2v) is 6.46. The van der Waals surface area contributed by atoms with E-state index in [1.165, 1.54) is 25.3 Å². The molecule has 1 aliphatic rings. The van der Waals surface area contributed by atoms with Gasteiger partial charge >= 0.3 is 0 Å². The van der Waals surface area contributed by atoms with Gasteiger partial charge in [-0.25, -0.2) is 0 Å². The number of anilines is 1. The average Bonchev–Trinajstić information content (AvgIpc) is 2.67. The fraction of sp³-hybridized carbons (Fsp3) is 0.350. The highest BCUT2D eigenvalue weighted by molar-refractivity contribution is 5.86. The minimum absolute atomic E-state index is 0.0760. The van der Waals surface area contributed by atoms with E-state index in [-0.39, 0.29) is 10.6 Å². The number of hydrogen-bond acceptors (Lipinski definition) is 5. The zero-order valence-electron chi connectivity index (χ0n) is 15.1. The molecule has 0 amide bonds. The van der Waals surface area contributed by atoms with E-state index in [1.54, 1.807) is 32.4 Å². The molecule has 136 valence electrons. The van der Waals surface area contributed by atoms with Gasteiger partial charge in [-0.05, 0) is 44.4 Å². The molecule has 0 atom stereocenters. The highest BCUT2D eigenvalue weighted by Gasteiger charge is 2.13. The van der Waals surface area contributed by atoms with E-state index in [1.807, 2.05) is 12.1 Å². The summed E-state index contributed by atoms with van der Waals surface area (Å²) in [7, 11) is 1.64. The summed E-state index contributed by atoms with van der Waals surface area (Å²) in [5.74, 6) is 0.749. The van der Waals surface area contributed by atoms with Gasteiger partial charge in [0, 0.05) is 48.3 Å². The molecule has 6 nitrogen and oxygen atoms in total. The molecule has 0 radical (unpaired) electrons. The van der Waals surface area contributed by atoms with Crippen molar-refractivity contribution < 1.29 is 9.66 Å². The topological polar surface area (TPSA) is 68.0 Å². The Kier molecular flexibility index (Phi) is 5.51. The number of nitro benzene ring substituents is 1. The van der Waals surface area contributed by atoms with Gasteiger partial charge in [0.1, 0.15) is 5.75 Å². The van der Waals surface area contributed by atoms with Crippen molar-refractivity contribution >= 4 is 23.3 Å². The molecular weight excluding hydrogens is 330 g/mol. The third kappa shape index (κ3) is 4.02. The van der Waals surface area contributed by atoms with E-state index in [0.29, 0.717) is 11.3 Å². The van der Waals surface area contributed by atoms with Crippen molar-refractivity contribution in [3.05, 3.63) is 57.6 Å². The highest BCUT2D eigenvalue weighted by Crippen LogP contribution is 2.28. The Balaban J connectivity index is 1.84. The third-order valence-electron chi connectivity index (χ3n) is 4.68. The molecule has 0 N–H and O–H groups in total. The van der Waals surface area contributed by atoms with Crippen molar-refractivity contribution in [2.75, 3.05) is 25.1 Å². The number of benzene rings is 2. The van der Waals surface area contributed by atoms with Crippen LogP contribution in [0.4, 0.5) is 17.1 Å². The lowest BCUT2D eigenvalue weighted by atomic mass is 10.1. The summed E-state index contributed by atoms with van der Waals surface area (Å²) >= 11 is 0. The Bertz CT molecular complexity index is 827. The number of piperidine rings is 1. The smallest absolute Gasteiger partial charge is 0.274 e. The van der Waals surface area contributed by atoms with Crippen LogP contribution in [0.15, 0.2) is 41.4 Å². The molecule has 0 unspecified atom stereocenters. The molecule has 0 bridgehead atoms. The Morgan fingerprint density at radius 3 is 2.62 bits per heavy atom. The molecule has 6 heteroatoms. The molecule has 0 saturated carbocycles. The van der Waals surface area contributed by atoms with Crippen LogP contribution in [0, 0.1) is 17.0 Å². The van der Waals surface area contributed by atoms with Crippen molar-refractivity contribution in [1.29, 1.82) is 0 Å². The monoisotopic (exact) mass is 353 g/mol. The molecule has 2 aromatic carbocycles. The first-order valence-corrected chi connectivity index (χ1v) is 8.80. The third-order valence-corrected chi connectivity index (χ3v) is 4.68. The van der Waals surface area contributed by atoms with Gasteiger partial charge in [-0.3, -0.25) is 15.1 Å². The van der Waals surface area contributed by atoms with Crippen molar-refractivity contribution in [3.8, 4) is 5.75 Å². The predicted molar refractivity (Wildman–Crippen MR) is 104 cm³/mol. The Labute approximate surface area is 153 Å². The lowest BCUT2D eigenvalue weighted by Crippen LogP contribution is -2.29. The van der Waals surface area contributed by atoms with Crippen molar-refractivity contribution in [2.24, 2.45) is 4.99 Å². The van der Waals surface area contributed by atoms with Crippen LogP contribution in [-0.4, -0.2) is 31.3 Å². The maximum absolute atomic E-state index is 11.1.